The molecule has 0 atom stereocenters. The number of carbonyl (C=O) groups is 2. The van der Waals surface area contributed by atoms with Crippen LogP contribution in [0.4, 0.5) is 0 Å². The molecule has 0 radical (unpaired) electrons. The van der Waals surface area contributed by atoms with Gasteiger partial charge in [0.2, 0.25) is 0 Å². The number of nitrogens with one attached hydrogen (secondary N) is 2. The predicted molar refractivity (Wildman–Crippen MR) is 116 cm³/mol. The van der Waals surface area contributed by atoms with Crippen LogP contribution in [0.25, 0.3) is 6.08 Å². The Labute approximate surface area is 177 Å². The average molecular weight is 412 g/mol. The van der Waals surface area contributed by atoms with Crippen molar-refractivity contribution in [2.75, 3.05) is 20.8 Å². The molecule has 7 heteroatoms. The third-order valence-electron chi connectivity index (χ3n) is 4.21. The van der Waals surface area contributed by atoms with Gasteiger partial charge in [-0.15, -0.1) is 0 Å². The van der Waals surface area contributed by atoms with Gasteiger partial charge in [-0.3, -0.25) is 20.4 Å². The van der Waals surface area contributed by atoms with Crippen LogP contribution in [0.15, 0.2) is 48.5 Å². The molecule has 0 spiro atoms. The molecule has 2 amide bonds. The molecule has 30 heavy (non-hydrogen) atoms. The first-order valence-corrected chi connectivity index (χ1v) is 9.66. The maximum atomic E-state index is 12.2. The van der Waals surface area contributed by atoms with Gasteiger partial charge < -0.3 is 14.2 Å². The second kappa shape index (κ2) is 11.5. The van der Waals surface area contributed by atoms with E-state index in [1.165, 1.54) is 13.2 Å². The zero-order valence-corrected chi connectivity index (χ0v) is 17.7. The molecule has 2 aromatic carbocycles. The number of rotatable bonds is 9. The molecule has 2 aromatic rings. The van der Waals surface area contributed by atoms with Crippen molar-refractivity contribution in [3.05, 3.63) is 59.7 Å². The Balaban J connectivity index is 1.84. The number of methoxy groups -OCH3 is 2. The van der Waals surface area contributed by atoms with E-state index in [0.717, 1.165) is 12.0 Å². The summed E-state index contributed by atoms with van der Waals surface area (Å²) in [6, 6.07) is 12.0. The summed E-state index contributed by atoms with van der Waals surface area (Å²) in [5.41, 5.74) is 5.89. The van der Waals surface area contributed by atoms with Crippen molar-refractivity contribution >= 4 is 17.9 Å². The van der Waals surface area contributed by atoms with Gasteiger partial charge >= 0.3 is 0 Å². The minimum Gasteiger partial charge on any atom is -0.494 e. The molecular weight excluding hydrogens is 384 g/mol. The molecule has 0 bridgehead atoms. The van der Waals surface area contributed by atoms with Crippen LogP contribution in [0.2, 0.25) is 0 Å². The SMILES string of the molecule is COc1ccc(C=CC(=O)NNC(=O)c2ccc(OCCC(C)C)cc2)cc1OC. The van der Waals surface area contributed by atoms with Crippen molar-refractivity contribution in [2.45, 2.75) is 20.3 Å². The largest absolute Gasteiger partial charge is 0.494 e. The molecule has 160 valence electrons. The lowest BCUT2D eigenvalue weighted by atomic mass is 10.1. The highest BCUT2D eigenvalue weighted by atomic mass is 16.5. The van der Waals surface area contributed by atoms with Crippen molar-refractivity contribution in [2.24, 2.45) is 5.92 Å². The average Bonchev–Trinajstić information content (AvgIpc) is 2.76. The van der Waals surface area contributed by atoms with E-state index in [-0.39, 0.29) is 0 Å². The molecule has 0 fully saturated rings. The highest BCUT2D eigenvalue weighted by molar-refractivity contribution is 5.98. The highest BCUT2D eigenvalue weighted by Crippen LogP contribution is 2.27. The Morgan fingerprint density at radius 1 is 0.967 bits per heavy atom. The standard InChI is InChI=1S/C23H28N2O5/c1-16(2)13-14-30-19-9-7-18(8-10-19)23(27)25-24-22(26)12-6-17-5-11-20(28-3)21(15-17)29-4/h5-12,15-16H,13-14H2,1-4H3,(H,24,26)(H,25,27). The Bertz CT molecular complexity index is 876. The number of ether oxygens (including phenoxy) is 3. The fourth-order valence-corrected chi connectivity index (χ4v) is 2.48. The summed E-state index contributed by atoms with van der Waals surface area (Å²) in [5.74, 6) is 1.55. The highest BCUT2D eigenvalue weighted by Gasteiger charge is 2.07. The Kier molecular flexibility index (Phi) is 8.75. The van der Waals surface area contributed by atoms with Crippen LogP contribution in [0.5, 0.6) is 17.2 Å². The molecular formula is C23H28N2O5. The molecule has 0 aliphatic carbocycles. The van der Waals surface area contributed by atoms with Crippen LogP contribution in [0.3, 0.4) is 0 Å². The number of benzene rings is 2. The molecule has 0 saturated carbocycles. The third-order valence-corrected chi connectivity index (χ3v) is 4.21. The maximum absolute atomic E-state index is 12.2. The van der Waals surface area contributed by atoms with E-state index in [4.69, 9.17) is 14.2 Å². The lowest BCUT2D eigenvalue weighted by Crippen LogP contribution is -2.40. The Morgan fingerprint density at radius 3 is 2.30 bits per heavy atom. The van der Waals surface area contributed by atoms with Crippen LogP contribution in [0.1, 0.15) is 36.2 Å². The molecule has 0 unspecified atom stereocenters. The van der Waals surface area contributed by atoms with Crippen molar-refractivity contribution in [3.63, 3.8) is 0 Å². The van der Waals surface area contributed by atoms with Gasteiger partial charge in [0.25, 0.3) is 11.8 Å². The monoisotopic (exact) mass is 412 g/mol. The third kappa shape index (κ3) is 7.16. The lowest BCUT2D eigenvalue weighted by Gasteiger charge is -2.09. The predicted octanol–water partition coefficient (Wildman–Crippen LogP) is 3.60. The molecule has 0 aliphatic heterocycles. The molecule has 0 heterocycles. The number of carbonyl (C=O) groups excluding carboxylic acids is 2. The van der Waals surface area contributed by atoms with Gasteiger partial charge in [-0.1, -0.05) is 19.9 Å². The number of hydrogen-bond donors (Lipinski definition) is 2. The van der Waals surface area contributed by atoms with E-state index in [9.17, 15) is 9.59 Å². The summed E-state index contributed by atoms with van der Waals surface area (Å²) in [5, 5.41) is 0. The summed E-state index contributed by atoms with van der Waals surface area (Å²) < 4.78 is 16.0. The summed E-state index contributed by atoms with van der Waals surface area (Å²) in [7, 11) is 3.09. The first kappa shape index (κ1) is 22.8. The summed E-state index contributed by atoms with van der Waals surface area (Å²) in [6.07, 6.45) is 3.88. The fraction of sp³-hybridized carbons (Fsp3) is 0.304. The normalized spacial score (nSPS) is 10.7. The number of amides is 2. The van der Waals surface area contributed by atoms with E-state index in [1.54, 1.807) is 55.7 Å². The minimum absolute atomic E-state index is 0.412. The minimum atomic E-state index is -0.466. The summed E-state index contributed by atoms with van der Waals surface area (Å²) in [4.78, 5) is 24.1. The van der Waals surface area contributed by atoms with Gasteiger partial charge in [0, 0.05) is 11.6 Å². The molecule has 7 nitrogen and oxygen atoms in total. The summed E-state index contributed by atoms with van der Waals surface area (Å²) >= 11 is 0. The Hall–Kier alpha value is -3.48. The Morgan fingerprint density at radius 2 is 1.67 bits per heavy atom. The molecule has 2 N–H and O–H groups in total. The maximum Gasteiger partial charge on any atom is 0.269 e. The second-order valence-corrected chi connectivity index (χ2v) is 6.95. The van der Waals surface area contributed by atoms with Gasteiger partial charge in [-0.2, -0.15) is 0 Å². The zero-order chi connectivity index (χ0) is 21.9. The van der Waals surface area contributed by atoms with Gasteiger partial charge in [0.05, 0.1) is 20.8 Å². The van der Waals surface area contributed by atoms with Gasteiger partial charge in [-0.05, 0) is 60.4 Å². The van der Waals surface area contributed by atoms with Crippen molar-refractivity contribution < 1.29 is 23.8 Å². The smallest absolute Gasteiger partial charge is 0.269 e. The van der Waals surface area contributed by atoms with Crippen molar-refractivity contribution in [1.82, 2.24) is 10.9 Å². The van der Waals surface area contributed by atoms with Gasteiger partial charge in [-0.25, -0.2) is 0 Å². The molecule has 0 aromatic heterocycles. The first-order chi connectivity index (χ1) is 14.4. The van der Waals surface area contributed by atoms with E-state index in [2.05, 4.69) is 24.7 Å². The van der Waals surface area contributed by atoms with E-state index in [1.807, 2.05) is 0 Å². The second-order valence-electron chi connectivity index (χ2n) is 6.95. The fourth-order valence-electron chi connectivity index (χ4n) is 2.48. The van der Waals surface area contributed by atoms with E-state index in [0.29, 0.717) is 35.3 Å². The molecule has 0 aliphatic rings. The number of hydrogen-bond acceptors (Lipinski definition) is 5. The van der Waals surface area contributed by atoms with Crippen LogP contribution in [0, 0.1) is 5.92 Å². The van der Waals surface area contributed by atoms with Crippen LogP contribution < -0.4 is 25.1 Å². The summed E-state index contributed by atoms with van der Waals surface area (Å²) in [6.45, 7) is 4.90. The number of hydrazine groups is 1. The first-order valence-electron chi connectivity index (χ1n) is 9.66. The van der Waals surface area contributed by atoms with Gasteiger partial charge in [0.15, 0.2) is 11.5 Å². The quantitative estimate of drug-likeness (QED) is 0.485. The van der Waals surface area contributed by atoms with Crippen molar-refractivity contribution in [3.8, 4) is 17.2 Å². The lowest BCUT2D eigenvalue weighted by molar-refractivity contribution is -0.117. The van der Waals surface area contributed by atoms with Crippen LogP contribution >= 0.6 is 0 Å². The molecule has 2 rings (SSSR count). The van der Waals surface area contributed by atoms with Crippen LogP contribution in [-0.2, 0) is 4.79 Å². The zero-order valence-electron chi connectivity index (χ0n) is 17.7. The topological polar surface area (TPSA) is 85.9 Å². The van der Waals surface area contributed by atoms with Gasteiger partial charge in [0.1, 0.15) is 5.75 Å². The van der Waals surface area contributed by atoms with E-state index < -0.39 is 11.8 Å². The van der Waals surface area contributed by atoms with Crippen molar-refractivity contribution in [1.29, 1.82) is 0 Å². The van der Waals surface area contributed by atoms with Crippen LogP contribution in [-0.4, -0.2) is 32.6 Å². The van der Waals surface area contributed by atoms with E-state index >= 15 is 0 Å². The molecule has 0 saturated heterocycles.